The first-order valence-electron chi connectivity index (χ1n) is 10.4. The second-order valence-electron chi connectivity index (χ2n) is 8.85. The summed E-state index contributed by atoms with van der Waals surface area (Å²) < 4.78 is 0. The highest BCUT2D eigenvalue weighted by Crippen LogP contribution is 2.38. The van der Waals surface area contributed by atoms with E-state index in [-0.39, 0.29) is 11.8 Å². The second kappa shape index (κ2) is 8.19. The predicted molar refractivity (Wildman–Crippen MR) is 121 cm³/mol. The number of anilines is 1. The van der Waals surface area contributed by atoms with E-state index in [1.165, 1.54) is 35.3 Å². The molecular weight excluding hydrogens is 380 g/mol. The highest BCUT2D eigenvalue weighted by atomic mass is 32.1. The van der Waals surface area contributed by atoms with Gasteiger partial charge in [0.05, 0.1) is 6.54 Å². The van der Waals surface area contributed by atoms with Crippen LogP contribution < -0.4 is 16.0 Å². The smallest absolute Gasteiger partial charge is 0.225 e. The maximum atomic E-state index is 12.0. The summed E-state index contributed by atoms with van der Waals surface area (Å²) in [7, 11) is 1.79. The number of para-hydroxylation sites is 1. The quantitative estimate of drug-likeness (QED) is 0.526. The number of aryl methyl sites for hydroxylation is 1. The molecule has 4 rings (SSSR count). The number of fused-ring (bicyclic) bond motifs is 2. The van der Waals surface area contributed by atoms with E-state index in [0.717, 1.165) is 18.2 Å². The van der Waals surface area contributed by atoms with Gasteiger partial charge in [0.25, 0.3) is 0 Å². The van der Waals surface area contributed by atoms with Crippen LogP contribution >= 0.6 is 11.3 Å². The molecule has 2 heterocycles. The van der Waals surface area contributed by atoms with Gasteiger partial charge < -0.3 is 16.0 Å². The van der Waals surface area contributed by atoms with E-state index in [1.54, 1.807) is 11.9 Å². The molecule has 0 fully saturated rings. The van der Waals surface area contributed by atoms with E-state index >= 15 is 0 Å². The molecule has 6 heteroatoms. The third-order valence-corrected chi connectivity index (χ3v) is 7.16. The lowest BCUT2D eigenvalue weighted by atomic mass is 9.77. The molecule has 1 atom stereocenters. The van der Waals surface area contributed by atoms with Gasteiger partial charge in [-0.3, -0.25) is 9.79 Å². The van der Waals surface area contributed by atoms with Crippen LogP contribution in [0.25, 0.3) is 0 Å². The highest BCUT2D eigenvalue weighted by molar-refractivity contribution is 7.12. The summed E-state index contributed by atoms with van der Waals surface area (Å²) in [6.07, 6.45) is 4.14. The molecule has 2 aliphatic rings. The molecule has 0 radical (unpaired) electrons. The number of nitrogens with zero attached hydrogens (tertiary/aromatic N) is 1. The first-order chi connectivity index (χ1) is 13.9. The van der Waals surface area contributed by atoms with Crippen molar-refractivity contribution < 1.29 is 4.79 Å². The average Bonchev–Trinajstić information content (AvgIpc) is 3.08. The Morgan fingerprint density at radius 2 is 2.14 bits per heavy atom. The van der Waals surface area contributed by atoms with Gasteiger partial charge in [0.15, 0.2) is 5.96 Å². The summed E-state index contributed by atoms with van der Waals surface area (Å²) >= 11 is 1.93. The lowest BCUT2D eigenvalue weighted by molar-refractivity contribution is -0.116. The highest BCUT2D eigenvalue weighted by Gasteiger charge is 2.27. The summed E-state index contributed by atoms with van der Waals surface area (Å²) in [4.78, 5) is 19.3. The molecule has 1 aliphatic carbocycles. The van der Waals surface area contributed by atoms with E-state index in [4.69, 9.17) is 0 Å². The minimum atomic E-state index is 0.0746. The van der Waals surface area contributed by atoms with Crippen LogP contribution in [-0.4, -0.2) is 25.5 Å². The van der Waals surface area contributed by atoms with E-state index < -0.39 is 0 Å². The summed E-state index contributed by atoms with van der Waals surface area (Å²) in [6, 6.07) is 10.4. The van der Waals surface area contributed by atoms with E-state index in [2.05, 4.69) is 46.9 Å². The number of benzene rings is 1. The van der Waals surface area contributed by atoms with Gasteiger partial charge >= 0.3 is 0 Å². The van der Waals surface area contributed by atoms with Crippen molar-refractivity contribution in [1.29, 1.82) is 0 Å². The Labute approximate surface area is 177 Å². The number of guanidine groups is 1. The van der Waals surface area contributed by atoms with Crippen molar-refractivity contribution in [2.75, 3.05) is 18.9 Å². The lowest BCUT2D eigenvalue weighted by Gasteiger charge is -2.29. The van der Waals surface area contributed by atoms with Gasteiger partial charge in [-0.15, -0.1) is 11.3 Å². The van der Waals surface area contributed by atoms with Crippen LogP contribution in [0.4, 0.5) is 5.69 Å². The molecule has 5 nitrogen and oxygen atoms in total. The monoisotopic (exact) mass is 410 g/mol. The largest absolute Gasteiger partial charge is 0.356 e. The molecule has 1 aromatic heterocycles. The molecular formula is C23H30N4OS. The van der Waals surface area contributed by atoms with Crippen LogP contribution in [0.15, 0.2) is 35.3 Å². The van der Waals surface area contributed by atoms with Crippen molar-refractivity contribution in [3.05, 3.63) is 51.2 Å². The third kappa shape index (κ3) is 4.64. The zero-order valence-electron chi connectivity index (χ0n) is 17.5. The minimum Gasteiger partial charge on any atom is -0.356 e. The topological polar surface area (TPSA) is 65.5 Å². The minimum absolute atomic E-state index is 0.0746. The average molecular weight is 411 g/mol. The van der Waals surface area contributed by atoms with Crippen molar-refractivity contribution in [1.82, 2.24) is 10.6 Å². The van der Waals surface area contributed by atoms with Crippen LogP contribution in [-0.2, 0) is 24.2 Å². The molecule has 1 aliphatic heterocycles. The zero-order valence-corrected chi connectivity index (χ0v) is 18.3. The number of nitrogens with one attached hydrogen (secondary N) is 3. The van der Waals surface area contributed by atoms with Crippen LogP contribution in [0.3, 0.4) is 0 Å². The van der Waals surface area contributed by atoms with Crippen molar-refractivity contribution in [2.45, 2.75) is 52.0 Å². The van der Waals surface area contributed by atoms with Crippen LogP contribution in [0.5, 0.6) is 0 Å². The third-order valence-electron chi connectivity index (χ3n) is 5.92. The Kier molecular flexibility index (Phi) is 5.63. The maximum Gasteiger partial charge on any atom is 0.225 e. The number of aliphatic imine (C=N–C) groups is 1. The summed E-state index contributed by atoms with van der Waals surface area (Å²) in [5.41, 5.74) is 4.05. The van der Waals surface area contributed by atoms with Crippen molar-refractivity contribution in [3.8, 4) is 0 Å². The van der Waals surface area contributed by atoms with E-state index in [1.807, 2.05) is 29.5 Å². The Morgan fingerprint density at radius 1 is 1.31 bits per heavy atom. The Hall–Kier alpha value is -2.34. The van der Waals surface area contributed by atoms with Crippen LogP contribution in [0.2, 0.25) is 0 Å². The fraction of sp³-hybridized carbons (Fsp3) is 0.478. The Balaban J connectivity index is 1.34. The van der Waals surface area contributed by atoms with Gasteiger partial charge in [0.2, 0.25) is 5.91 Å². The molecule has 2 aromatic rings. The van der Waals surface area contributed by atoms with Crippen molar-refractivity contribution in [3.63, 3.8) is 0 Å². The maximum absolute atomic E-state index is 12.0. The molecule has 0 saturated heterocycles. The number of carbonyl (C=O) groups excluding carboxylic acids is 1. The fourth-order valence-electron chi connectivity index (χ4n) is 4.33. The number of hydrogen-bond donors (Lipinski definition) is 3. The molecule has 0 saturated carbocycles. The Bertz CT molecular complexity index is 931. The molecule has 1 unspecified atom stereocenters. The number of rotatable bonds is 4. The molecule has 3 N–H and O–H groups in total. The molecule has 154 valence electrons. The van der Waals surface area contributed by atoms with Crippen molar-refractivity contribution in [2.24, 2.45) is 10.4 Å². The number of thiophene rings is 1. The first-order valence-corrected chi connectivity index (χ1v) is 11.2. The summed E-state index contributed by atoms with van der Waals surface area (Å²) in [6.45, 7) is 6.18. The number of hydrogen-bond acceptors (Lipinski definition) is 3. The normalized spacial score (nSPS) is 20.4. The number of carbonyl (C=O) groups is 1. The standard InChI is InChI=1S/C23H30N4OS/c1-23(2)9-8-20-15(12-23)10-17(29-20)14-26-22(24-3)25-13-16-11-21(28)27-19-7-5-4-6-18(16)19/h4-7,10,16H,8-9,11-14H2,1-3H3,(H,27,28)(H2,24,25,26). The number of amides is 1. The predicted octanol–water partition coefficient (Wildman–Crippen LogP) is 4.05. The summed E-state index contributed by atoms with van der Waals surface area (Å²) in [5.74, 6) is 1.00. The van der Waals surface area contributed by atoms with Gasteiger partial charge in [0.1, 0.15) is 0 Å². The van der Waals surface area contributed by atoms with Gasteiger partial charge in [-0.05, 0) is 47.9 Å². The molecule has 0 bridgehead atoms. The van der Waals surface area contributed by atoms with Gasteiger partial charge in [-0.2, -0.15) is 0 Å². The SMILES string of the molecule is CN=C(NCc1cc2c(s1)CCC(C)(C)C2)NCC1CC(=O)Nc2ccccc21. The lowest BCUT2D eigenvalue weighted by Crippen LogP contribution is -2.40. The van der Waals surface area contributed by atoms with Gasteiger partial charge in [-0.25, -0.2) is 0 Å². The zero-order chi connectivity index (χ0) is 20.4. The molecule has 1 amide bonds. The van der Waals surface area contributed by atoms with Gasteiger partial charge in [-0.1, -0.05) is 32.0 Å². The molecule has 1 aromatic carbocycles. The Morgan fingerprint density at radius 3 is 2.97 bits per heavy atom. The summed E-state index contributed by atoms with van der Waals surface area (Å²) in [5, 5.41) is 9.80. The van der Waals surface area contributed by atoms with Crippen LogP contribution in [0, 0.1) is 5.41 Å². The first kappa shape index (κ1) is 20.0. The fourth-order valence-corrected chi connectivity index (χ4v) is 5.46. The van der Waals surface area contributed by atoms with E-state index in [0.29, 0.717) is 18.4 Å². The molecule has 29 heavy (non-hydrogen) atoms. The second-order valence-corrected chi connectivity index (χ2v) is 10.1. The van der Waals surface area contributed by atoms with Crippen LogP contribution in [0.1, 0.15) is 53.5 Å². The molecule has 0 spiro atoms. The van der Waals surface area contributed by atoms with Gasteiger partial charge in [0, 0.05) is 41.4 Å². The van der Waals surface area contributed by atoms with Crippen molar-refractivity contribution >= 4 is 28.9 Å². The van der Waals surface area contributed by atoms with E-state index in [9.17, 15) is 4.79 Å².